The van der Waals surface area contributed by atoms with Gasteiger partial charge in [-0.25, -0.2) is 9.97 Å². The van der Waals surface area contributed by atoms with Gasteiger partial charge in [-0.3, -0.25) is 4.79 Å². The Morgan fingerprint density at radius 1 is 1.11 bits per heavy atom. The lowest BCUT2D eigenvalue weighted by molar-refractivity contribution is -0.120. The molecule has 0 aliphatic heterocycles. The quantitative estimate of drug-likeness (QED) is 0.480. The molecular weight excluding hydrogens is 370 g/mol. The van der Waals surface area contributed by atoms with Crippen LogP contribution in [-0.4, -0.2) is 28.2 Å². The van der Waals surface area contributed by atoms with Gasteiger partial charge in [-0.2, -0.15) is 0 Å². The van der Waals surface area contributed by atoms with Crippen LogP contribution in [0.15, 0.2) is 65.8 Å². The fourth-order valence-corrected chi connectivity index (χ4v) is 3.59. The van der Waals surface area contributed by atoms with Crippen molar-refractivity contribution < 1.29 is 9.53 Å². The number of carbonyl (C=O) groups is 1. The summed E-state index contributed by atoms with van der Waals surface area (Å²) in [4.78, 5) is 21.6. The van der Waals surface area contributed by atoms with E-state index in [-0.39, 0.29) is 11.2 Å². The zero-order valence-corrected chi connectivity index (χ0v) is 17.0. The second-order valence-corrected chi connectivity index (χ2v) is 7.64. The molecule has 0 spiro atoms. The number of nitrogens with zero attached hydrogens (tertiary/aromatic N) is 2. The summed E-state index contributed by atoms with van der Waals surface area (Å²) in [6.07, 6.45) is 0. The Morgan fingerprint density at radius 2 is 1.82 bits per heavy atom. The predicted molar refractivity (Wildman–Crippen MR) is 112 cm³/mol. The van der Waals surface area contributed by atoms with Crippen LogP contribution in [0.3, 0.4) is 0 Å². The Kier molecular flexibility index (Phi) is 6.66. The first-order valence-electron chi connectivity index (χ1n) is 9.04. The van der Waals surface area contributed by atoms with Gasteiger partial charge in [0.15, 0.2) is 5.16 Å². The number of thioether (sulfide) groups is 1. The molecule has 6 heteroatoms. The Labute approximate surface area is 169 Å². The minimum absolute atomic E-state index is 0.0673. The van der Waals surface area contributed by atoms with Gasteiger partial charge in [0, 0.05) is 23.4 Å². The van der Waals surface area contributed by atoms with Crippen LogP contribution < -0.4 is 10.1 Å². The number of ether oxygens (including phenoxy) is 1. The molecule has 0 fully saturated rings. The molecule has 3 rings (SSSR count). The van der Waals surface area contributed by atoms with E-state index in [2.05, 4.69) is 15.3 Å². The van der Waals surface area contributed by atoms with Gasteiger partial charge in [-0.1, -0.05) is 60.3 Å². The predicted octanol–water partition coefficient (Wildman–Crippen LogP) is 4.26. The highest BCUT2D eigenvalue weighted by molar-refractivity contribution is 8.00. The third-order valence-corrected chi connectivity index (χ3v) is 5.16. The van der Waals surface area contributed by atoms with Crippen LogP contribution in [0.25, 0.3) is 11.3 Å². The zero-order chi connectivity index (χ0) is 19.9. The van der Waals surface area contributed by atoms with Gasteiger partial charge in [0.1, 0.15) is 5.75 Å². The van der Waals surface area contributed by atoms with Gasteiger partial charge in [-0.15, -0.1) is 0 Å². The second kappa shape index (κ2) is 9.37. The third kappa shape index (κ3) is 5.10. The first kappa shape index (κ1) is 19.9. The number of nitrogens with one attached hydrogen (secondary N) is 1. The normalized spacial score (nSPS) is 11.7. The number of rotatable bonds is 7. The molecule has 1 atom stereocenters. The van der Waals surface area contributed by atoms with Gasteiger partial charge < -0.3 is 10.1 Å². The molecule has 1 aromatic heterocycles. The molecule has 2 aromatic carbocycles. The minimum atomic E-state index is -0.319. The number of carbonyl (C=O) groups excluding carboxylic acids is 1. The highest BCUT2D eigenvalue weighted by atomic mass is 32.2. The van der Waals surface area contributed by atoms with Gasteiger partial charge >= 0.3 is 0 Å². The van der Waals surface area contributed by atoms with E-state index in [0.717, 1.165) is 28.3 Å². The van der Waals surface area contributed by atoms with Crippen LogP contribution in [0.5, 0.6) is 5.75 Å². The molecule has 1 heterocycles. The molecule has 1 amide bonds. The maximum atomic E-state index is 12.5. The molecule has 0 saturated heterocycles. The number of benzene rings is 2. The van der Waals surface area contributed by atoms with Gasteiger partial charge in [0.05, 0.1) is 18.1 Å². The summed E-state index contributed by atoms with van der Waals surface area (Å²) in [6.45, 7) is 4.21. The standard InChI is InChI=1S/C22H23N3O2S/c1-15-13-19(17-9-5-4-6-10-17)25-22(24-15)28-16(2)21(26)23-14-18-11-7-8-12-20(18)27-3/h4-13,16H,14H2,1-3H3,(H,23,26)/t16-/m0/s1. The van der Waals surface area contributed by atoms with Crippen LogP contribution in [0, 0.1) is 6.92 Å². The maximum Gasteiger partial charge on any atom is 0.233 e. The van der Waals surface area contributed by atoms with E-state index in [0.29, 0.717) is 11.7 Å². The van der Waals surface area contributed by atoms with Crippen molar-refractivity contribution in [2.24, 2.45) is 0 Å². The number of methoxy groups -OCH3 is 1. The van der Waals surface area contributed by atoms with Crippen molar-refractivity contribution in [3.8, 4) is 17.0 Å². The highest BCUT2D eigenvalue weighted by Crippen LogP contribution is 2.25. The molecular formula is C22H23N3O2S. The largest absolute Gasteiger partial charge is 0.496 e. The van der Waals surface area contributed by atoms with Crippen molar-refractivity contribution in [3.63, 3.8) is 0 Å². The lowest BCUT2D eigenvalue weighted by atomic mass is 10.1. The van der Waals surface area contributed by atoms with Crippen LogP contribution in [0.2, 0.25) is 0 Å². The molecule has 3 aromatic rings. The smallest absolute Gasteiger partial charge is 0.233 e. The van der Waals surface area contributed by atoms with E-state index in [4.69, 9.17) is 4.74 Å². The molecule has 0 radical (unpaired) electrons. The van der Waals surface area contributed by atoms with Gasteiger partial charge in [0.25, 0.3) is 0 Å². The third-order valence-electron chi connectivity index (χ3n) is 4.20. The summed E-state index contributed by atoms with van der Waals surface area (Å²) in [6, 6.07) is 19.6. The van der Waals surface area contributed by atoms with E-state index < -0.39 is 0 Å². The minimum Gasteiger partial charge on any atom is -0.496 e. The highest BCUT2D eigenvalue weighted by Gasteiger charge is 2.17. The van der Waals surface area contributed by atoms with Gasteiger partial charge in [0.2, 0.25) is 5.91 Å². The molecule has 28 heavy (non-hydrogen) atoms. The first-order valence-corrected chi connectivity index (χ1v) is 9.92. The molecule has 1 N–H and O–H groups in total. The molecule has 0 aliphatic carbocycles. The lowest BCUT2D eigenvalue weighted by Crippen LogP contribution is -2.30. The summed E-state index contributed by atoms with van der Waals surface area (Å²) in [7, 11) is 1.62. The summed E-state index contributed by atoms with van der Waals surface area (Å²) in [5, 5.41) is 3.24. The van der Waals surface area contributed by atoms with Crippen molar-refractivity contribution >= 4 is 17.7 Å². The van der Waals surface area contributed by atoms with Crippen molar-refractivity contribution in [1.29, 1.82) is 0 Å². The van der Waals surface area contributed by atoms with Crippen molar-refractivity contribution in [3.05, 3.63) is 71.9 Å². The molecule has 0 saturated carbocycles. The Bertz CT molecular complexity index is 948. The molecule has 5 nitrogen and oxygen atoms in total. The molecule has 0 unspecified atom stereocenters. The molecule has 0 aliphatic rings. The number of amides is 1. The maximum absolute atomic E-state index is 12.5. The van der Waals surface area contributed by atoms with Crippen LogP contribution in [0.4, 0.5) is 0 Å². The Balaban J connectivity index is 1.66. The first-order chi connectivity index (χ1) is 13.6. The fourth-order valence-electron chi connectivity index (χ4n) is 2.74. The van der Waals surface area contributed by atoms with E-state index in [9.17, 15) is 4.79 Å². The molecule has 0 bridgehead atoms. The second-order valence-electron chi connectivity index (χ2n) is 6.33. The van der Waals surface area contributed by atoms with Crippen molar-refractivity contribution in [2.45, 2.75) is 30.8 Å². The average Bonchev–Trinajstić information content (AvgIpc) is 2.72. The van der Waals surface area contributed by atoms with E-state index in [1.165, 1.54) is 11.8 Å². The van der Waals surface area contributed by atoms with Crippen molar-refractivity contribution in [1.82, 2.24) is 15.3 Å². The summed E-state index contributed by atoms with van der Waals surface area (Å²) in [5.41, 5.74) is 3.70. The Hall–Kier alpha value is -2.86. The fraction of sp³-hybridized carbons (Fsp3) is 0.227. The summed E-state index contributed by atoms with van der Waals surface area (Å²) >= 11 is 1.35. The Morgan fingerprint density at radius 3 is 2.57 bits per heavy atom. The van der Waals surface area contributed by atoms with E-state index >= 15 is 0 Å². The van der Waals surface area contributed by atoms with Crippen LogP contribution in [0.1, 0.15) is 18.2 Å². The van der Waals surface area contributed by atoms with E-state index in [1.807, 2.05) is 74.5 Å². The number of para-hydroxylation sites is 1. The number of aryl methyl sites for hydroxylation is 1. The van der Waals surface area contributed by atoms with Crippen LogP contribution >= 0.6 is 11.8 Å². The summed E-state index contributed by atoms with van der Waals surface area (Å²) in [5.74, 6) is 0.694. The van der Waals surface area contributed by atoms with E-state index in [1.54, 1.807) is 7.11 Å². The average molecular weight is 394 g/mol. The lowest BCUT2D eigenvalue weighted by Gasteiger charge is -2.13. The monoisotopic (exact) mass is 393 g/mol. The number of aromatic nitrogens is 2. The van der Waals surface area contributed by atoms with Crippen LogP contribution in [-0.2, 0) is 11.3 Å². The topological polar surface area (TPSA) is 64.1 Å². The number of hydrogen-bond acceptors (Lipinski definition) is 5. The van der Waals surface area contributed by atoms with Gasteiger partial charge in [-0.05, 0) is 26.0 Å². The van der Waals surface area contributed by atoms with Crippen molar-refractivity contribution in [2.75, 3.05) is 7.11 Å². The zero-order valence-electron chi connectivity index (χ0n) is 16.2. The number of hydrogen-bond donors (Lipinski definition) is 1. The SMILES string of the molecule is COc1ccccc1CNC(=O)[C@H](C)Sc1nc(C)cc(-c2ccccc2)n1. The molecule has 144 valence electrons. The summed E-state index contributed by atoms with van der Waals surface area (Å²) < 4.78 is 5.33.